The Balaban J connectivity index is 0.000000183. The van der Waals surface area contributed by atoms with E-state index in [-0.39, 0.29) is 6.04 Å². The molecule has 0 spiro atoms. The number of aryl methyl sites for hydroxylation is 2. The van der Waals surface area contributed by atoms with E-state index < -0.39 is 0 Å². The Labute approximate surface area is 231 Å². The highest BCUT2D eigenvalue weighted by molar-refractivity contribution is 5.45. The molecule has 0 bridgehead atoms. The van der Waals surface area contributed by atoms with E-state index in [0.717, 1.165) is 88.0 Å². The smallest absolute Gasteiger partial charge is 0.222 e. The highest BCUT2D eigenvalue weighted by atomic mass is 16.5. The number of nitrogens with two attached hydrogens (primary N) is 4. The molecule has 2 aliphatic rings. The minimum atomic E-state index is 0.231. The summed E-state index contributed by atoms with van der Waals surface area (Å²) in [4.78, 5) is 21.5. The fourth-order valence-electron chi connectivity index (χ4n) is 4.88. The molecule has 39 heavy (non-hydrogen) atoms. The molecule has 2 aliphatic heterocycles. The largest absolute Gasteiger partial charge is 0.381 e. The number of aromatic nitrogens is 4. The summed E-state index contributed by atoms with van der Waals surface area (Å²) >= 11 is 0. The topological polar surface area (TPSA) is 171 Å². The van der Waals surface area contributed by atoms with Crippen LogP contribution in [0.5, 0.6) is 0 Å². The third-order valence-electron chi connectivity index (χ3n) is 7.09. The maximum atomic E-state index is 5.96. The van der Waals surface area contributed by atoms with Crippen LogP contribution in [0.1, 0.15) is 42.1 Å². The van der Waals surface area contributed by atoms with Gasteiger partial charge >= 0.3 is 0 Å². The van der Waals surface area contributed by atoms with E-state index in [9.17, 15) is 0 Å². The van der Waals surface area contributed by atoms with Crippen molar-refractivity contribution in [3.8, 4) is 0 Å². The van der Waals surface area contributed by atoms with E-state index in [1.165, 1.54) is 5.56 Å². The monoisotopic (exact) mass is 534 g/mol. The summed E-state index contributed by atoms with van der Waals surface area (Å²) in [6.07, 6.45) is 4.82. The average Bonchev–Trinajstić information content (AvgIpc) is 3.39. The van der Waals surface area contributed by atoms with Gasteiger partial charge in [0.2, 0.25) is 11.9 Å². The lowest BCUT2D eigenvalue weighted by Crippen LogP contribution is -2.27. The first-order chi connectivity index (χ1) is 18.9. The van der Waals surface area contributed by atoms with Crippen LogP contribution in [0.3, 0.4) is 0 Å². The van der Waals surface area contributed by atoms with E-state index in [0.29, 0.717) is 24.4 Å². The van der Waals surface area contributed by atoms with Crippen LogP contribution in [0.25, 0.3) is 0 Å². The number of hydrogen-bond acceptors (Lipinski definition) is 11. The highest BCUT2D eigenvalue weighted by Gasteiger charge is 2.21. The fourth-order valence-corrected chi connectivity index (χ4v) is 4.88. The van der Waals surface area contributed by atoms with E-state index in [1.54, 1.807) is 0 Å². The van der Waals surface area contributed by atoms with E-state index in [2.05, 4.69) is 49.1 Å². The van der Waals surface area contributed by atoms with Gasteiger partial charge in [0.15, 0.2) is 0 Å². The molecule has 1 aromatic carbocycles. The molecule has 0 unspecified atom stereocenters. The molecule has 2 aromatic heterocycles. The molecule has 4 heterocycles. The lowest BCUT2D eigenvalue weighted by atomic mass is 9.96. The number of anilines is 4. The molecular formula is C28H42N10O. The van der Waals surface area contributed by atoms with Gasteiger partial charge in [0.1, 0.15) is 11.6 Å². The van der Waals surface area contributed by atoms with Crippen LogP contribution in [0.15, 0.2) is 42.5 Å². The summed E-state index contributed by atoms with van der Waals surface area (Å²) in [6.45, 7) is 4.71. The van der Waals surface area contributed by atoms with Gasteiger partial charge in [-0.1, -0.05) is 30.3 Å². The summed E-state index contributed by atoms with van der Waals surface area (Å²) < 4.78 is 5.37. The number of benzene rings is 1. The van der Waals surface area contributed by atoms with Crippen molar-refractivity contribution in [2.45, 2.75) is 44.1 Å². The van der Waals surface area contributed by atoms with Crippen LogP contribution >= 0.6 is 0 Å². The number of likely N-dealkylation sites (N-methyl/N-ethyl adjacent to an activating group) is 1. The molecule has 2 fully saturated rings. The molecule has 8 N–H and O–H groups in total. The summed E-state index contributed by atoms with van der Waals surface area (Å²) in [5, 5.41) is 0. The highest BCUT2D eigenvalue weighted by Crippen LogP contribution is 2.27. The van der Waals surface area contributed by atoms with Gasteiger partial charge in [0.05, 0.1) is 5.69 Å². The average molecular weight is 535 g/mol. The number of rotatable bonds is 8. The molecule has 11 heteroatoms. The SMILES string of the molecule is CN(CCN)c1cc(C2CCOCC2)nc(N)n1.Nc1nc(CCc2ccccc2)cc(N2CC[C@@H](N)C2)n1. The molecule has 0 amide bonds. The van der Waals surface area contributed by atoms with Crippen LogP contribution < -0.4 is 32.7 Å². The summed E-state index contributed by atoms with van der Waals surface area (Å²) in [5.74, 6) is 2.84. The van der Waals surface area contributed by atoms with Crippen LogP contribution in [-0.4, -0.2) is 72.4 Å². The van der Waals surface area contributed by atoms with E-state index in [1.807, 2.05) is 30.1 Å². The zero-order chi connectivity index (χ0) is 27.6. The van der Waals surface area contributed by atoms with Gasteiger partial charge in [-0.05, 0) is 37.7 Å². The van der Waals surface area contributed by atoms with Gasteiger partial charge in [0, 0.05) is 76.2 Å². The van der Waals surface area contributed by atoms with E-state index in [4.69, 9.17) is 27.7 Å². The Bertz CT molecular complexity index is 1170. The predicted octanol–water partition coefficient (Wildman–Crippen LogP) is 1.73. The first kappa shape index (κ1) is 28.5. The second-order valence-corrected chi connectivity index (χ2v) is 10.2. The van der Waals surface area contributed by atoms with Gasteiger partial charge in [-0.3, -0.25) is 0 Å². The minimum absolute atomic E-state index is 0.231. The maximum Gasteiger partial charge on any atom is 0.222 e. The zero-order valence-corrected chi connectivity index (χ0v) is 22.9. The van der Waals surface area contributed by atoms with Crippen LogP contribution in [-0.2, 0) is 17.6 Å². The molecule has 3 aromatic rings. The van der Waals surface area contributed by atoms with Crippen molar-refractivity contribution in [1.29, 1.82) is 0 Å². The Morgan fingerprint density at radius 2 is 1.69 bits per heavy atom. The summed E-state index contributed by atoms with van der Waals surface area (Å²) in [6, 6.07) is 14.7. The molecule has 5 rings (SSSR count). The number of ether oxygens (including phenoxy) is 1. The second-order valence-electron chi connectivity index (χ2n) is 10.2. The van der Waals surface area contributed by atoms with Crippen molar-refractivity contribution in [3.63, 3.8) is 0 Å². The standard InChI is InChI=1S/C16H21N5.C12H21N5O/c17-13-8-9-21(11-13)15-10-14(19-16(18)20-15)7-6-12-4-2-1-3-5-12;1-17(5-4-13)11-8-10(15-12(14)16-11)9-2-6-18-7-3-9/h1-5,10,13H,6-9,11,17H2,(H2,18,19,20);8-9H,2-7,13H2,1H3,(H2,14,15,16)/t13-;/m1./s1. The van der Waals surface area contributed by atoms with Crippen LogP contribution in [0.4, 0.5) is 23.5 Å². The maximum absolute atomic E-state index is 5.96. The lowest BCUT2D eigenvalue weighted by molar-refractivity contribution is 0.0845. The van der Waals surface area contributed by atoms with Crippen molar-refractivity contribution in [1.82, 2.24) is 19.9 Å². The lowest BCUT2D eigenvalue weighted by Gasteiger charge is -2.23. The zero-order valence-electron chi connectivity index (χ0n) is 22.9. The third kappa shape index (κ3) is 8.47. The quantitative estimate of drug-likeness (QED) is 0.332. The summed E-state index contributed by atoms with van der Waals surface area (Å²) in [7, 11) is 1.96. The molecule has 1 atom stereocenters. The Kier molecular flexibility index (Phi) is 10.2. The number of hydrogen-bond donors (Lipinski definition) is 4. The summed E-state index contributed by atoms with van der Waals surface area (Å²) in [5.41, 5.74) is 26.5. The van der Waals surface area contributed by atoms with Crippen molar-refractivity contribution >= 4 is 23.5 Å². The molecule has 11 nitrogen and oxygen atoms in total. The predicted molar refractivity (Wildman–Crippen MR) is 157 cm³/mol. The first-order valence-electron chi connectivity index (χ1n) is 13.7. The minimum Gasteiger partial charge on any atom is -0.381 e. The van der Waals surface area contributed by atoms with Crippen LogP contribution in [0, 0.1) is 0 Å². The Hall–Kier alpha value is -3.54. The van der Waals surface area contributed by atoms with Gasteiger partial charge in [-0.15, -0.1) is 0 Å². The number of nitrogen functional groups attached to an aromatic ring is 2. The Morgan fingerprint density at radius 1 is 0.949 bits per heavy atom. The van der Waals surface area contributed by atoms with Crippen LogP contribution in [0.2, 0.25) is 0 Å². The molecule has 0 radical (unpaired) electrons. The number of nitrogens with zero attached hydrogens (tertiary/aromatic N) is 6. The normalized spacial score (nSPS) is 17.5. The Morgan fingerprint density at radius 3 is 2.38 bits per heavy atom. The van der Waals surface area contributed by atoms with Crippen molar-refractivity contribution in [3.05, 3.63) is 59.4 Å². The second kappa shape index (κ2) is 14.0. The molecule has 2 saturated heterocycles. The van der Waals surface area contributed by atoms with Gasteiger partial charge in [-0.2, -0.15) is 9.97 Å². The van der Waals surface area contributed by atoms with Crippen molar-refractivity contribution in [2.24, 2.45) is 11.5 Å². The van der Waals surface area contributed by atoms with Gasteiger partial charge in [-0.25, -0.2) is 9.97 Å². The molecular weight excluding hydrogens is 492 g/mol. The van der Waals surface area contributed by atoms with Crippen molar-refractivity contribution < 1.29 is 4.74 Å². The first-order valence-corrected chi connectivity index (χ1v) is 13.7. The fraction of sp³-hybridized carbons (Fsp3) is 0.500. The molecule has 210 valence electrons. The molecule has 0 saturated carbocycles. The van der Waals surface area contributed by atoms with Gasteiger partial charge < -0.3 is 37.5 Å². The molecule has 0 aliphatic carbocycles. The third-order valence-corrected chi connectivity index (χ3v) is 7.09. The van der Waals surface area contributed by atoms with Crippen molar-refractivity contribution in [2.75, 3.05) is 67.7 Å². The van der Waals surface area contributed by atoms with E-state index >= 15 is 0 Å². The van der Waals surface area contributed by atoms with Gasteiger partial charge in [0.25, 0.3) is 0 Å².